The molecule has 0 saturated heterocycles. The number of likely N-dealkylation sites (N-methyl/N-ethyl adjacent to an activating group) is 1. The summed E-state index contributed by atoms with van der Waals surface area (Å²) in [7, 11) is 3.70. The van der Waals surface area contributed by atoms with Crippen molar-refractivity contribution in [3.63, 3.8) is 0 Å². The molecule has 5 heteroatoms. The Hall–Kier alpha value is -2.69. The Morgan fingerprint density at radius 3 is 2.44 bits per heavy atom. The highest BCUT2D eigenvalue weighted by Crippen LogP contribution is 2.26. The first-order valence-corrected chi connectivity index (χ1v) is 9.09. The summed E-state index contributed by atoms with van der Waals surface area (Å²) in [5, 5.41) is 0. The van der Waals surface area contributed by atoms with Crippen molar-refractivity contribution < 1.29 is 9.18 Å². The molecule has 0 unspecified atom stereocenters. The van der Waals surface area contributed by atoms with Gasteiger partial charge in [-0.05, 0) is 62.6 Å². The smallest absolute Gasteiger partial charge is 0.182 e. The molecular weight excluding hydrogens is 341 g/mol. The third kappa shape index (κ3) is 4.94. The molecule has 0 heterocycles. The first-order valence-electron chi connectivity index (χ1n) is 9.09. The molecular formula is C22H28FN3O. The van der Waals surface area contributed by atoms with Crippen LogP contribution in [0.1, 0.15) is 34.0 Å². The number of nitrogens with zero attached hydrogens (tertiary/aromatic N) is 3. The lowest BCUT2D eigenvalue weighted by Gasteiger charge is -2.22. The highest BCUT2D eigenvalue weighted by atomic mass is 19.1. The Morgan fingerprint density at radius 2 is 1.81 bits per heavy atom. The van der Waals surface area contributed by atoms with Crippen LogP contribution in [0.3, 0.4) is 0 Å². The lowest BCUT2D eigenvalue weighted by Crippen LogP contribution is -2.27. The molecule has 2 aromatic carbocycles. The van der Waals surface area contributed by atoms with Crippen molar-refractivity contribution in [2.75, 3.05) is 32.1 Å². The number of rotatable bonds is 7. The van der Waals surface area contributed by atoms with Gasteiger partial charge in [-0.25, -0.2) is 9.38 Å². The molecule has 144 valence electrons. The van der Waals surface area contributed by atoms with E-state index in [0.717, 1.165) is 28.9 Å². The lowest BCUT2D eigenvalue weighted by atomic mass is 10.00. The van der Waals surface area contributed by atoms with Crippen LogP contribution in [0.5, 0.6) is 0 Å². The average Bonchev–Trinajstić information content (AvgIpc) is 2.61. The number of carbonyl (C=O) groups is 1. The normalized spacial score (nSPS) is 11.1. The highest BCUT2D eigenvalue weighted by molar-refractivity contribution is 6.01. The number of halogens is 1. The van der Waals surface area contributed by atoms with Crippen molar-refractivity contribution in [1.82, 2.24) is 4.90 Å². The lowest BCUT2D eigenvalue weighted by molar-refractivity contribution is 0.0999. The number of benzene rings is 2. The predicted octanol–water partition coefficient (Wildman–Crippen LogP) is 4.68. The van der Waals surface area contributed by atoms with Crippen molar-refractivity contribution in [2.45, 2.75) is 27.7 Å². The van der Waals surface area contributed by atoms with Crippen LogP contribution in [0.25, 0.3) is 0 Å². The van der Waals surface area contributed by atoms with Gasteiger partial charge in [0, 0.05) is 26.2 Å². The summed E-state index contributed by atoms with van der Waals surface area (Å²) >= 11 is 0. The van der Waals surface area contributed by atoms with Crippen LogP contribution in [-0.2, 0) is 0 Å². The second-order valence-electron chi connectivity index (χ2n) is 6.96. The third-order valence-electron chi connectivity index (χ3n) is 4.69. The SMILES string of the molecule is CCN(C)/C=N/c1cc(C)c(C(=O)CN(C)c2c(C)cccc2F)cc1C. The molecule has 2 rings (SSSR count). The Morgan fingerprint density at radius 1 is 1.11 bits per heavy atom. The molecule has 27 heavy (non-hydrogen) atoms. The molecule has 0 aliphatic rings. The van der Waals surface area contributed by atoms with E-state index in [2.05, 4.69) is 11.9 Å². The molecule has 0 fully saturated rings. The van der Waals surface area contributed by atoms with Crippen LogP contribution in [-0.4, -0.2) is 44.2 Å². The molecule has 0 N–H and O–H groups in total. The van der Waals surface area contributed by atoms with Crippen molar-refractivity contribution in [2.24, 2.45) is 4.99 Å². The molecule has 0 aliphatic carbocycles. The van der Waals surface area contributed by atoms with Gasteiger partial charge in [-0.15, -0.1) is 0 Å². The van der Waals surface area contributed by atoms with Gasteiger partial charge in [0.25, 0.3) is 0 Å². The van der Waals surface area contributed by atoms with Crippen molar-refractivity contribution in [3.05, 3.63) is 58.4 Å². The third-order valence-corrected chi connectivity index (χ3v) is 4.69. The average molecular weight is 369 g/mol. The number of para-hydroxylation sites is 1. The van der Waals surface area contributed by atoms with Gasteiger partial charge < -0.3 is 9.80 Å². The van der Waals surface area contributed by atoms with Gasteiger partial charge in [-0.1, -0.05) is 12.1 Å². The minimum Gasteiger partial charge on any atom is -0.366 e. The van der Waals surface area contributed by atoms with Crippen LogP contribution in [0.2, 0.25) is 0 Å². The van der Waals surface area contributed by atoms with Crippen LogP contribution < -0.4 is 4.90 Å². The van der Waals surface area contributed by atoms with E-state index in [4.69, 9.17) is 0 Å². The predicted molar refractivity (Wildman–Crippen MR) is 111 cm³/mol. The number of hydrogen-bond donors (Lipinski definition) is 0. The molecule has 0 aliphatic heterocycles. The van der Waals surface area contributed by atoms with Crippen molar-refractivity contribution in [1.29, 1.82) is 0 Å². The molecule has 0 aromatic heterocycles. The topological polar surface area (TPSA) is 35.9 Å². The van der Waals surface area contributed by atoms with E-state index in [1.165, 1.54) is 6.07 Å². The summed E-state index contributed by atoms with van der Waals surface area (Å²) in [6.45, 7) is 8.74. The maximum absolute atomic E-state index is 14.2. The Balaban J connectivity index is 2.24. The van der Waals surface area contributed by atoms with Crippen LogP contribution in [0.4, 0.5) is 15.8 Å². The fourth-order valence-electron chi connectivity index (χ4n) is 2.97. The van der Waals surface area contributed by atoms with Gasteiger partial charge >= 0.3 is 0 Å². The summed E-state index contributed by atoms with van der Waals surface area (Å²) in [5.41, 5.74) is 4.58. The largest absolute Gasteiger partial charge is 0.366 e. The van der Waals surface area contributed by atoms with Gasteiger partial charge in [-0.2, -0.15) is 0 Å². The maximum Gasteiger partial charge on any atom is 0.182 e. The fourth-order valence-corrected chi connectivity index (χ4v) is 2.97. The number of aliphatic imine (C=N–C) groups is 1. The van der Waals surface area contributed by atoms with E-state index < -0.39 is 0 Å². The van der Waals surface area contributed by atoms with Crippen LogP contribution in [0.15, 0.2) is 35.3 Å². The number of anilines is 1. The fraction of sp³-hybridized carbons (Fsp3) is 0.364. The van der Waals surface area contributed by atoms with E-state index in [9.17, 15) is 9.18 Å². The zero-order chi connectivity index (χ0) is 20.1. The van der Waals surface area contributed by atoms with Crippen LogP contribution in [0, 0.1) is 26.6 Å². The van der Waals surface area contributed by atoms with E-state index in [1.54, 1.807) is 24.4 Å². The molecule has 0 bridgehead atoms. The van der Waals surface area contributed by atoms with E-state index >= 15 is 0 Å². The van der Waals surface area contributed by atoms with E-state index in [-0.39, 0.29) is 18.1 Å². The second-order valence-corrected chi connectivity index (χ2v) is 6.96. The number of hydrogen-bond acceptors (Lipinski definition) is 3. The molecule has 0 spiro atoms. The maximum atomic E-state index is 14.2. The number of aryl methyl sites for hydroxylation is 3. The zero-order valence-corrected chi connectivity index (χ0v) is 17.0. The summed E-state index contributed by atoms with van der Waals surface area (Å²) in [4.78, 5) is 21.0. The number of ketones is 1. The summed E-state index contributed by atoms with van der Waals surface area (Å²) in [6.07, 6.45) is 1.79. The molecule has 0 atom stereocenters. The molecule has 0 radical (unpaired) electrons. The van der Waals surface area contributed by atoms with Gasteiger partial charge in [0.15, 0.2) is 5.78 Å². The number of carbonyl (C=O) groups excluding carboxylic acids is 1. The number of Topliss-reactive ketones (excluding diaryl/α,β-unsaturated/α-hetero) is 1. The Labute approximate surface area is 161 Å². The highest BCUT2D eigenvalue weighted by Gasteiger charge is 2.17. The summed E-state index contributed by atoms with van der Waals surface area (Å²) in [5.74, 6) is -0.357. The molecule has 2 aromatic rings. The first kappa shape index (κ1) is 20.6. The van der Waals surface area contributed by atoms with Crippen LogP contribution >= 0.6 is 0 Å². The van der Waals surface area contributed by atoms with Gasteiger partial charge in [0.2, 0.25) is 0 Å². The van der Waals surface area contributed by atoms with Gasteiger partial charge in [-0.3, -0.25) is 4.79 Å². The van der Waals surface area contributed by atoms with E-state index in [0.29, 0.717) is 11.3 Å². The monoisotopic (exact) mass is 369 g/mol. The summed E-state index contributed by atoms with van der Waals surface area (Å²) < 4.78 is 14.2. The first-order chi connectivity index (χ1) is 12.7. The quantitative estimate of drug-likeness (QED) is 0.404. The minimum absolute atomic E-state index is 0.0399. The van der Waals surface area contributed by atoms with Gasteiger partial charge in [0.1, 0.15) is 5.82 Å². The van der Waals surface area contributed by atoms with Crippen molar-refractivity contribution >= 4 is 23.5 Å². The second kappa shape index (κ2) is 8.80. The van der Waals surface area contributed by atoms with Gasteiger partial charge in [0.05, 0.1) is 24.3 Å². The molecule has 4 nitrogen and oxygen atoms in total. The van der Waals surface area contributed by atoms with Crippen molar-refractivity contribution in [3.8, 4) is 0 Å². The standard InChI is InChI=1S/C22H28FN3O/c1-7-25(5)14-24-20-12-16(3)18(11-17(20)4)21(27)13-26(6)22-15(2)9-8-10-19(22)23/h8-12,14H,7,13H2,1-6H3/b24-14+. The Bertz CT molecular complexity index is 841. The molecule has 0 amide bonds. The zero-order valence-electron chi connectivity index (χ0n) is 17.0. The van der Waals surface area contributed by atoms with E-state index in [1.807, 2.05) is 50.9 Å². The molecule has 0 saturated carbocycles. The Kier molecular flexibility index (Phi) is 6.72. The summed E-state index contributed by atoms with van der Waals surface area (Å²) in [6, 6.07) is 8.73. The minimum atomic E-state index is -0.317.